The Morgan fingerprint density at radius 1 is 1.40 bits per heavy atom. The summed E-state index contributed by atoms with van der Waals surface area (Å²) in [6, 6.07) is 4.92. The van der Waals surface area contributed by atoms with Crippen LogP contribution in [-0.4, -0.2) is 39.3 Å². The van der Waals surface area contributed by atoms with Crippen molar-refractivity contribution in [2.24, 2.45) is 0 Å². The lowest BCUT2D eigenvalue weighted by molar-refractivity contribution is -0.137. The molecule has 0 aromatic heterocycles. The van der Waals surface area contributed by atoms with Crippen LogP contribution in [0.5, 0.6) is 0 Å². The molecule has 0 saturated carbocycles. The molecule has 0 aliphatic rings. The topological polar surface area (TPSA) is 86.7 Å². The molecule has 0 aliphatic carbocycles. The number of carboxylic acid groups (broad SMARTS) is 1. The molecule has 0 amide bonds. The molecule has 0 heterocycles. The van der Waals surface area contributed by atoms with E-state index in [0.29, 0.717) is 16.4 Å². The maximum Gasteiger partial charge on any atom is 0.303 e. The molecule has 8 heteroatoms. The van der Waals surface area contributed by atoms with E-state index in [4.69, 9.17) is 16.7 Å². The van der Waals surface area contributed by atoms with Gasteiger partial charge < -0.3 is 10.0 Å². The second-order valence-electron chi connectivity index (χ2n) is 4.45. The third-order valence-corrected chi connectivity index (χ3v) is 4.17. The van der Waals surface area contributed by atoms with Crippen molar-refractivity contribution in [2.75, 3.05) is 29.5 Å². The lowest BCUT2D eigenvalue weighted by atomic mass is 10.2. The number of para-hydroxylation sites is 1. The molecule has 20 heavy (non-hydrogen) atoms. The zero-order valence-electron chi connectivity index (χ0n) is 11.3. The van der Waals surface area contributed by atoms with Gasteiger partial charge in [0.25, 0.3) is 0 Å². The van der Waals surface area contributed by atoms with E-state index in [-0.39, 0.29) is 18.6 Å². The standard InChI is InChI=1S/C12H17ClN2O4S/c1-15(2)12-9(13)5-3-6-10(12)14-20(18,19)8-4-7-11(16)17/h3,5-6,14H,4,7-8H2,1-2H3,(H,16,17). The number of sulfonamides is 1. The minimum Gasteiger partial charge on any atom is -0.481 e. The Morgan fingerprint density at radius 3 is 2.60 bits per heavy atom. The summed E-state index contributed by atoms with van der Waals surface area (Å²) >= 11 is 6.04. The van der Waals surface area contributed by atoms with E-state index in [1.807, 2.05) is 0 Å². The van der Waals surface area contributed by atoms with Crippen LogP contribution in [0.4, 0.5) is 11.4 Å². The maximum absolute atomic E-state index is 11.9. The molecule has 2 N–H and O–H groups in total. The van der Waals surface area contributed by atoms with E-state index in [1.165, 1.54) is 0 Å². The van der Waals surface area contributed by atoms with Gasteiger partial charge in [-0.3, -0.25) is 9.52 Å². The van der Waals surface area contributed by atoms with E-state index >= 15 is 0 Å². The number of nitrogens with zero attached hydrogens (tertiary/aromatic N) is 1. The van der Waals surface area contributed by atoms with Crippen LogP contribution in [-0.2, 0) is 14.8 Å². The van der Waals surface area contributed by atoms with Crippen molar-refractivity contribution < 1.29 is 18.3 Å². The van der Waals surface area contributed by atoms with Crippen molar-refractivity contribution in [3.05, 3.63) is 23.2 Å². The van der Waals surface area contributed by atoms with Crippen molar-refractivity contribution in [1.82, 2.24) is 0 Å². The highest BCUT2D eigenvalue weighted by molar-refractivity contribution is 7.92. The van der Waals surface area contributed by atoms with Gasteiger partial charge in [-0.05, 0) is 18.6 Å². The number of benzene rings is 1. The van der Waals surface area contributed by atoms with Crippen molar-refractivity contribution in [2.45, 2.75) is 12.8 Å². The third-order valence-electron chi connectivity index (χ3n) is 2.50. The molecule has 0 fully saturated rings. The second kappa shape index (κ2) is 6.81. The average molecular weight is 321 g/mol. The number of halogens is 1. The smallest absolute Gasteiger partial charge is 0.303 e. The Balaban J connectivity index is 2.87. The molecule has 0 saturated heterocycles. The molecule has 1 aromatic carbocycles. The van der Waals surface area contributed by atoms with Gasteiger partial charge in [-0.2, -0.15) is 0 Å². The Hall–Kier alpha value is -1.47. The van der Waals surface area contributed by atoms with E-state index in [9.17, 15) is 13.2 Å². The fraction of sp³-hybridized carbons (Fsp3) is 0.417. The van der Waals surface area contributed by atoms with Crippen LogP contribution >= 0.6 is 11.6 Å². The Bertz CT molecular complexity index is 587. The first-order chi connectivity index (χ1) is 9.23. The predicted molar refractivity (Wildman–Crippen MR) is 80.1 cm³/mol. The van der Waals surface area contributed by atoms with Crippen molar-refractivity contribution in [3.63, 3.8) is 0 Å². The summed E-state index contributed by atoms with van der Waals surface area (Å²) in [5.41, 5.74) is 0.939. The molecule has 1 rings (SSSR count). The van der Waals surface area contributed by atoms with Gasteiger partial charge in [-0.1, -0.05) is 17.7 Å². The summed E-state index contributed by atoms with van der Waals surface area (Å²) in [5.74, 6) is -1.27. The van der Waals surface area contributed by atoms with Crippen LogP contribution in [0.1, 0.15) is 12.8 Å². The van der Waals surface area contributed by atoms with Gasteiger partial charge in [-0.15, -0.1) is 0 Å². The van der Waals surface area contributed by atoms with Gasteiger partial charge in [0.05, 0.1) is 22.2 Å². The van der Waals surface area contributed by atoms with Crippen molar-refractivity contribution >= 4 is 39.0 Å². The first-order valence-electron chi connectivity index (χ1n) is 5.91. The second-order valence-corrected chi connectivity index (χ2v) is 6.70. The average Bonchev–Trinajstić information content (AvgIpc) is 2.26. The summed E-state index contributed by atoms with van der Waals surface area (Å²) in [6.07, 6.45) is -0.125. The zero-order valence-corrected chi connectivity index (χ0v) is 12.8. The van der Waals surface area contributed by atoms with Gasteiger partial charge >= 0.3 is 5.97 Å². The summed E-state index contributed by atoms with van der Waals surface area (Å²) in [6.45, 7) is 0. The van der Waals surface area contributed by atoms with E-state index < -0.39 is 16.0 Å². The Kier molecular flexibility index (Phi) is 5.64. The summed E-state index contributed by atoms with van der Waals surface area (Å²) in [7, 11) is -0.0949. The number of nitrogens with one attached hydrogen (secondary N) is 1. The van der Waals surface area contributed by atoms with Crippen LogP contribution in [0.15, 0.2) is 18.2 Å². The Morgan fingerprint density at radius 2 is 2.05 bits per heavy atom. The maximum atomic E-state index is 11.9. The van der Waals surface area contributed by atoms with Crippen LogP contribution < -0.4 is 9.62 Å². The van der Waals surface area contributed by atoms with E-state index in [0.717, 1.165) is 0 Å². The van der Waals surface area contributed by atoms with Crippen LogP contribution in [0, 0.1) is 0 Å². The number of hydrogen-bond acceptors (Lipinski definition) is 4. The lowest BCUT2D eigenvalue weighted by Gasteiger charge is -2.19. The molecule has 1 aromatic rings. The first-order valence-corrected chi connectivity index (χ1v) is 7.94. The van der Waals surface area contributed by atoms with Crippen LogP contribution in [0.2, 0.25) is 5.02 Å². The van der Waals surface area contributed by atoms with Crippen molar-refractivity contribution in [3.8, 4) is 0 Å². The molecular formula is C12H17ClN2O4S. The minimum absolute atomic E-state index is 0.0581. The number of hydrogen-bond donors (Lipinski definition) is 2. The Labute approximate surface area is 123 Å². The van der Waals surface area contributed by atoms with Crippen LogP contribution in [0.25, 0.3) is 0 Å². The van der Waals surface area contributed by atoms with Gasteiger partial charge in [0.15, 0.2) is 0 Å². The largest absolute Gasteiger partial charge is 0.481 e. The highest BCUT2D eigenvalue weighted by Gasteiger charge is 2.16. The molecule has 0 atom stereocenters. The highest BCUT2D eigenvalue weighted by Crippen LogP contribution is 2.33. The van der Waals surface area contributed by atoms with Crippen molar-refractivity contribution in [1.29, 1.82) is 0 Å². The molecule has 0 radical (unpaired) electrons. The predicted octanol–water partition coefficient (Wildman–Crippen LogP) is 2.01. The number of aliphatic carboxylic acids is 1. The first kappa shape index (κ1) is 16.6. The minimum atomic E-state index is -3.60. The zero-order chi connectivity index (χ0) is 15.3. The molecular weight excluding hydrogens is 304 g/mol. The number of carboxylic acids is 1. The number of rotatable bonds is 7. The quantitative estimate of drug-likeness (QED) is 0.802. The molecule has 0 unspecified atom stereocenters. The molecule has 0 bridgehead atoms. The fourth-order valence-electron chi connectivity index (χ4n) is 1.68. The summed E-state index contributed by atoms with van der Waals surface area (Å²) in [5, 5.41) is 8.95. The van der Waals surface area contributed by atoms with E-state index in [2.05, 4.69) is 4.72 Å². The number of carbonyl (C=O) groups is 1. The van der Waals surface area contributed by atoms with Gasteiger partial charge in [0, 0.05) is 20.5 Å². The summed E-state index contributed by atoms with van der Waals surface area (Å²) in [4.78, 5) is 12.1. The lowest BCUT2D eigenvalue weighted by Crippen LogP contribution is -2.20. The normalized spacial score (nSPS) is 11.2. The number of anilines is 2. The molecule has 0 spiro atoms. The summed E-state index contributed by atoms with van der Waals surface area (Å²) < 4.78 is 26.2. The third kappa shape index (κ3) is 4.90. The SMILES string of the molecule is CN(C)c1c(Cl)cccc1NS(=O)(=O)CCCC(=O)O. The van der Waals surface area contributed by atoms with Gasteiger partial charge in [0.1, 0.15) is 0 Å². The molecule has 0 aliphatic heterocycles. The molecule has 112 valence electrons. The molecule has 6 nitrogen and oxygen atoms in total. The monoisotopic (exact) mass is 320 g/mol. The van der Waals surface area contributed by atoms with E-state index in [1.54, 1.807) is 37.2 Å². The highest BCUT2D eigenvalue weighted by atomic mass is 35.5. The van der Waals surface area contributed by atoms with Crippen LogP contribution in [0.3, 0.4) is 0 Å². The van der Waals surface area contributed by atoms with Gasteiger partial charge in [0.2, 0.25) is 10.0 Å². The van der Waals surface area contributed by atoms with Gasteiger partial charge in [-0.25, -0.2) is 8.42 Å². The fourth-order valence-corrected chi connectivity index (χ4v) is 3.15.